The molecule has 0 amide bonds. The molecule has 58 valence electrons. The van der Waals surface area contributed by atoms with Crippen LogP contribution in [-0.2, 0) is 0 Å². The zero-order valence-corrected chi connectivity index (χ0v) is 7.57. The van der Waals surface area contributed by atoms with E-state index in [9.17, 15) is 0 Å². The lowest BCUT2D eigenvalue weighted by atomic mass is 9.77. The predicted molar refractivity (Wildman–Crippen MR) is 45.9 cm³/mol. The molecule has 1 atom stereocenters. The van der Waals surface area contributed by atoms with E-state index in [1.54, 1.807) is 11.1 Å². The second-order valence-corrected chi connectivity index (χ2v) is 3.84. The molecule has 1 aliphatic rings. The average molecular weight is 138 g/mol. The van der Waals surface area contributed by atoms with Crippen LogP contribution in [0.1, 0.15) is 40.5 Å². The van der Waals surface area contributed by atoms with Crippen LogP contribution in [0.15, 0.2) is 11.1 Å². The van der Waals surface area contributed by atoms with E-state index in [4.69, 9.17) is 0 Å². The van der Waals surface area contributed by atoms with Crippen LogP contribution >= 0.6 is 0 Å². The maximum atomic E-state index is 2.35. The minimum Gasteiger partial charge on any atom is -0.0735 e. The summed E-state index contributed by atoms with van der Waals surface area (Å²) in [6.07, 6.45) is 2.72. The van der Waals surface area contributed by atoms with Crippen molar-refractivity contribution in [1.29, 1.82) is 0 Å². The number of allylic oxidation sites excluding steroid dienone is 2. The summed E-state index contributed by atoms with van der Waals surface area (Å²) in [5.41, 5.74) is 3.39. The summed E-state index contributed by atoms with van der Waals surface area (Å²) in [5.74, 6) is 1.65. The molecule has 0 radical (unpaired) electrons. The first kappa shape index (κ1) is 7.84. The molecule has 0 aliphatic heterocycles. The second kappa shape index (κ2) is 2.77. The molecule has 10 heavy (non-hydrogen) atoms. The molecule has 0 fully saturated rings. The number of hydrogen-bond donors (Lipinski definition) is 0. The van der Waals surface area contributed by atoms with E-state index in [-0.39, 0.29) is 0 Å². The quantitative estimate of drug-likeness (QED) is 0.513. The van der Waals surface area contributed by atoms with Gasteiger partial charge in [0.05, 0.1) is 0 Å². The van der Waals surface area contributed by atoms with E-state index in [0.29, 0.717) is 0 Å². The first-order valence-corrected chi connectivity index (χ1v) is 4.31. The van der Waals surface area contributed by atoms with Crippen molar-refractivity contribution in [3.05, 3.63) is 11.1 Å². The fourth-order valence-corrected chi connectivity index (χ4v) is 1.54. The fourth-order valence-electron chi connectivity index (χ4n) is 1.54. The molecule has 0 saturated carbocycles. The molecule has 0 aromatic carbocycles. The molecule has 1 rings (SSSR count). The normalized spacial score (nSPS) is 21.3. The highest BCUT2D eigenvalue weighted by atomic mass is 14.3. The van der Waals surface area contributed by atoms with Gasteiger partial charge in [0.25, 0.3) is 0 Å². The zero-order valence-electron chi connectivity index (χ0n) is 7.57. The van der Waals surface area contributed by atoms with Crippen molar-refractivity contribution in [3.8, 4) is 0 Å². The van der Waals surface area contributed by atoms with Gasteiger partial charge in [-0.05, 0) is 31.6 Å². The van der Waals surface area contributed by atoms with Crippen molar-refractivity contribution in [3.63, 3.8) is 0 Å². The topological polar surface area (TPSA) is 0 Å². The van der Waals surface area contributed by atoms with E-state index in [1.165, 1.54) is 12.8 Å². The minimum atomic E-state index is 0.824. The first-order valence-electron chi connectivity index (χ1n) is 4.31. The van der Waals surface area contributed by atoms with E-state index in [2.05, 4.69) is 27.7 Å². The van der Waals surface area contributed by atoms with E-state index >= 15 is 0 Å². The Hall–Kier alpha value is -0.260. The lowest BCUT2D eigenvalue weighted by Crippen LogP contribution is -2.14. The fraction of sp³-hybridized carbons (Fsp3) is 0.800. The summed E-state index contributed by atoms with van der Waals surface area (Å²) in [6.45, 7) is 9.24. The molecule has 0 aromatic heterocycles. The highest BCUT2D eigenvalue weighted by molar-refractivity contribution is 5.24. The van der Waals surface area contributed by atoms with E-state index in [0.717, 1.165) is 11.8 Å². The maximum absolute atomic E-state index is 2.35. The molecular weight excluding hydrogens is 120 g/mol. The lowest BCUT2D eigenvalue weighted by molar-refractivity contribution is 0.444. The highest BCUT2D eigenvalue weighted by Crippen LogP contribution is 2.36. The Bertz CT molecular complexity index is 151. The summed E-state index contributed by atoms with van der Waals surface area (Å²) in [6, 6.07) is 0. The summed E-state index contributed by atoms with van der Waals surface area (Å²) in [5, 5.41) is 0. The van der Waals surface area contributed by atoms with Crippen LogP contribution < -0.4 is 0 Å². The van der Waals surface area contributed by atoms with E-state index < -0.39 is 0 Å². The van der Waals surface area contributed by atoms with Crippen LogP contribution in [0.4, 0.5) is 0 Å². The third kappa shape index (κ3) is 1.25. The Kier molecular flexibility index (Phi) is 2.18. The summed E-state index contributed by atoms with van der Waals surface area (Å²) < 4.78 is 0. The van der Waals surface area contributed by atoms with Crippen LogP contribution in [0, 0.1) is 11.8 Å². The Balaban J connectivity index is 2.58. The molecule has 0 spiro atoms. The second-order valence-electron chi connectivity index (χ2n) is 3.84. The Labute approximate surface area is 64.3 Å². The zero-order chi connectivity index (χ0) is 7.72. The maximum Gasteiger partial charge on any atom is -0.0206 e. The molecule has 0 N–H and O–H groups in total. The van der Waals surface area contributed by atoms with Gasteiger partial charge in [-0.25, -0.2) is 0 Å². The van der Waals surface area contributed by atoms with Gasteiger partial charge in [0.2, 0.25) is 0 Å². The first-order chi connectivity index (χ1) is 4.63. The molecule has 0 saturated heterocycles. The Morgan fingerprint density at radius 2 is 1.70 bits per heavy atom. The Morgan fingerprint density at radius 1 is 1.10 bits per heavy atom. The predicted octanol–water partition coefficient (Wildman–Crippen LogP) is 3.39. The lowest BCUT2D eigenvalue weighted by Gasteiger charge is -2.29. The van der Waals surface area contributed by atoms with Gasteiger partial charge in [0.1, 0.15) is 0 Å². The van der Waals surface area contributed by atoms with Crippen LogP contribution in [0.25, 0.3) is 0 Å². The third-order valence-corrected chi connectivity index (χ3v) is 2.87. The van der Waals surface area contributed by atoms with E-state index in [1.807, 2.05) is 0 Å². The molecule has 0 aromatic rings. The van der Waals surface area contributed by atoms with Gasteiger partial charge >= 0.3 is 0 Å². The van der Waals surface area contributed by atoms with Crippen molar-refractivity contribution < 1.29 is 0 Å². The third-order valence-electron chi connectivity index (χ3n) is 2.87. The number of hydrogen-bond acceptors (Lipinski definition) is 0. The number of rotatable bonds is 2. The van der Waals surface area contributed by atoms with Gasteiger partial charge in [0.15, 0.2) is 0 Å². The van der Waals surface area contributed by atoms with Gasteiger partial charge in [0, 0.05) is 0 Å². The van der Waals surface area contributed by atoms with Crippen molar-refractivity contribution in [2.75, 3.05) is 0 Å². The molecule has 0 nitrogen and oxygen atoms in total. The van der Waals surface area contributed by atoms with Crippen molar-refractivity contribution in [2.45, 2.75) is 40.5 Å². The minimum absolute atomic E-state index is 0.824. The van der Waals surface area contributed by atoms with Crippen molar-refractivity contribution >= 4 is 0 Å². The molecule has 0 bridgehead atoms. The van der Waals surface area contributed by atoms with Gasteiger partial charge in [-0.2, -0.15) is 0 Å². The summed E-state index contributed by atoms with van der Waals surface area (Å²) in [4.78, 5) is 0. The van der Waals surface area contributed by atoms with Crippen molar-refractivity contribution in [1.82, 2.24) is 0 Å². The smallest absolute Gasteiger partial charge is 0.0206 e. The van der Waals surface area contributed by atoms with Gasteiger partial charge in [-0.1, -0.05) is 31.9 Å². The molecule has 0 heterocycles. The monoisotopic (exact) mass is 138 g/mol. The molecule has 0 heteroatoms. The van der Waals surface area contributed by atoms with Gasteiger partial charge in [-0.15, -0.1) is 0 Å². The van der Waals surface area contributed by atoms with Crippen LogP contribution in [0.3, 0.4) is 0 Å². The molecular formula is C10H18. The van der Waals surface area contributed by atoms with Crippen LogP contribution in [-0.4, -0.2) is 0 Å². The largest absolute Gasteiger partial charge is 0.0735 e. The summed E-state index contributed by atoms with van der Waals surface area (Å²) >= 11 is 0. The van der Waals surface area contributed by atoms with Gasteiger partial charge in [-0.3, -0.25) is 0 Å². The summed E-state index contributed by atoms with van der Waals surface area (Å²) in [7, 11) is 0. The average Bonchev–Trinajstić information content (AvgIpc) is 1.84. The van der Waals surface area contributed by atoms with Crippen LogP contribution in [0.5, 0.6) is 0 Å². The SMILES string of the molecule is CC1=C(C(C)C(C)C)CC1. The Morgan fingerprint density at radius 3 is 1.80 bits per heavy atom. The van der Waals surface area contributed by atoms with Gasteiger partial charge < -0.3 is 0 Å². The molecule has 1 unspecified atom stereocenters. The van der Waals surface area contributed by atoms with Crippen molar-refractivity contribution in [2.24, 2.45) is 11.8 Å². The van der Waals surface area contributed by atoms with Crippen LogP contribution in [0.2, 0.25) is 0 Å². The standard InChI is InChI=1S/C10H18/c1-7(2)9(4)10-6-5-8(10)3/h7,9H,5-6H2,1-4H3. The molecule has 1 aliphatic carbocycles. The highest BCUT2D eigenvalue weighted by Gasteiger charge is 2.20.